The molecule has 1 unspecified atom stereocenters. The van der Waals surface area contributed by atoms with Crippen molar-refractivity contribution in [3.63, 3.8) is 0 Å². The molecule has 19 heteroatoms. The van der Waals surface area contributed by atoms with Gasteiger partial charge in [0.25, 0.3) is 0 Å². The van der Waals surface area contributed by atoms with Gasteiger partial charge in [-0.3, -0.25) is 0 Å². The van der Waals surface area contributed by atoms with Gasteiger partial charge in [-0.15, -0.1) is 0 Å². The Kier molecular flexibility index (Phi) is 10.2. The Morgan fingerprint density at radius 3 is 2.87 bits per heavy atom. The van der Waals surface area contributed by atoms with E-state index >= 15 is 0 Å². The van der Waals surface area contributed by atoms with E-state index in [9.17, 15) is 22.9 Å². The molecule has 0 aromatic carbocycles. The summed E-state index contributed by atoms with van der Waals surface area (Å²) in [5, 5.41) is 15.5. The summed E-state index contributed by atoms with van der Waals surface area (Å²) in [5.74, 6) is -4.88. The number of phosphoric ester groups is 1. The minimum absolute atomic E-state index is 0.0958. The Labute approximate surface area is 280 Å². The van der Waals surface area contributed by atoms with Crippen molar-refractivity contribution in [2.24, 2.45) is 17.8 Å². The molecule has 2 aliphatic heterocycles. The summed E-state index contributed by atoms with van der Waals surface area (Å²) in [7, 11) is -4.85. The number of allylic oxidation sites excluding steroid dienone is 2. The molecule has 5 N–H and O–H groups in total. The summed E-state index contributed by atoms with van der Waals surface area (Å²) in [6, 6.07) is 5.69. The first-order chi connectivity index (χ1) is 22.3. The van der Waals surface area contributed by atoms with Gasteiger partial charge in [0.15, 0.2) is 0 Å². The summed E-state index contributed by atoms with van der Waals surface area (Å²) >= 11 is -0.548. The zero-order valence-corrected chi connectivity index (χ0v) is 29.1. The Balaban J connectivity index is 0.983. The van der Waals surface area contributed by atoms with Gasteiger partial charge in [0.2, 0.25) is 0 Å². The van der Waals surface area contributed by atoms with Crippen LogP contribution in [0, 0.1) is 24.7 Å². The van der Waals surface area contributed by atoms with Gasteiger partial charge in [-0.2, -0.15) is 0 Å². The Morgan fingerprint density at radius 1 is 1.32 bits per heavy atom. The number of alkyl halides is 3. The summed E-state index contributed by atoms with van der Waals surface area (Å²) < 4.78 is 51.6. The molecule has 1 saturated heterocycles. The van der Waals surface area contributed by atoms with Crippen molar-refractivity contribution in [2.45, 2.75) is 37.3 Å². The molecule has 3 aromatic heterocycles. The molecule has 6 rings (SSSR count). The zero-order chi connectivity index (χ0) is 33.3. The third kappa shape index (κ3) is 8.84. The molecule has 1 amide bonds. The second kappa shape index (κ2) is 14.0. The normalized spacial score (nSPS) is 23.7. The number of nitrogens with one attached hydrogen (secondary N) is 3. The molecule has 254 valence electrons. The number of aromatic amines is 1. The molecule has 3 aliphatic rings. The minimum atomic E-state index is -4.85. The van der Waals surface area contributed by atoms with Crippen LogP contribution in [0.25, 0.3) is 5.52 Å². The van der Waals surface area contributed by atoms with Gasteiger partial charge in [0.1, 0.15) is 0 Å². The van der Waals surface area contributed by atoms with Gasteiger partial charge in [0, 0.05) is 0 Å². The number of carbonyl (C=O) groups excluding carboxylic acids is 2. The average molecular weight is 807 g/mol. The Bertz CT molecular complexity index is 1760. The van der Waals surface area contributed by atoms with Crippen LogP contribution in [0.4, 0.5) is 20.4 Å². The third-order valence-electron chi connectivity index (χ3n) is 8.10. The van der Waals surface area contributed by atoms with Crippen molar-refractivity contribution in [2.75, 3.05) is 36.0 Å². The fourth-order valence-corrected chi connectivity index (χ4v) is 11.1. The molecule has 5 heterocycles. The molecular formula is C28H34F2IN8O6PS. The quantitative estimate of drug-likeness (QED) is 0.0762. The number of hydrogen-bond donors (Lipinski definition) is 5. The number of likely N-dealkylation sites (tertiary alicyclic amines) is 1. The number of phosphoric acid groups is 1. The predicted molar refractivity (Wildman–Crippen MR) is 178 cm³/mol. The summed E-state index contributed by atoms with van der Waals surface area (Å²) in [4.78, 5) is 51.6. The first-order valence-corrected chi connectivity index (χ1v) is 21.0. The van der Waals surface area contributed by atoms with Gasteiger partial charge in [-0.25, -0.2) is 4.57 Å². The second-order valence-corrected chi connectivity index (χ2v) is 18.4. The molecule has 2 fully saturated rings. The SMILES string of the molecule is Cc1cc(Nc2nc(SC3=CCI(NC(=O)CN4CC[C@@H](C(=O)C5CC(F)(F)C[C@H]5COP(=O)(O)O)C4)C=C3)nn3cccc23)n[nH]1. The Morgan fingerprint density at radius 2 is 2.15 bits per heavy atom. The number of nitrogens with zero attached hydrogens (tertiary/aromatic N) is 5. The van der Waals surface area contributed by atoms with Gasteiger partial charge in [0.05, 0.1) is 0 Å². The van der Waals surface area contributed by atoms with Crippen LogP contribution in [0.3, 0.4) is 0 Å². The van der Waals surface area contributed by atoms with Crippen LogP contribution in [0.5, 0.6) is 0 Å². The van der Waals surface area contributed by atoms with Crippen LogP contribution in [0.1, 0.15) is 25.0 Å². The number of ketones is 1. The number of amides is 1. The van der Waals surface area contributed by atoms with Gasteiger partial charge >= 0.3 is 267 Å². The van der Waals surface area contributed by atoms with Crippen LogP contribution in [-0.2, 0) is 18.7 Å². The van der Waals surface area contributed by atoms with Crippen molar-refractivity contribution in [3.8, 4) is 0 Å². The topological polar surface area (TPSA) is 187 Å². The summed E-state index contributed by atoms with van der Waals surface area (Å²) in [6.45, 7) is 2.15. The van der Waals surface area contributed by atoms with E-state index in [4.69, 9.17) is 14.8 Å². The van der Waals surface area contributed by atoms with E-state index in [2.05, 4.69) is 38.8 Å². The standard InChI is InChI=1S/C28H34F2IN8O6PS/c1-17-11-23(36-35-17)32-26-22-3-2-9-39(22)37-27(33-26)47-20-4-7-31(8-5-20)34-24(40)15-38-10-6-18(14-38)25(41)21-13-28(29,30)12-19(21)16-45-46(42,43)44/h2-5,7,9,11,18-19,21H,6,8,10,12-16H2,1H3,(H,34,40)(H2,42,43,44)(H2,32,33,35,36,37)/t18-,19+,21?/m1/s1. The van der Waals surface area contributed by atoms with Crippen molar-refractivity contribution >= 4 is 68.5 Å². The average Bonchev–Trinajstić information content (AvgIpc) is 3.80. The molecule has 1 saturated carbocycles. The number of Topliss-reactive ketones (excluding diaryl/α,β-unsaturated/α-hetero) is 1. The number of hydrogen-bond acceptors (Lipinski definition) is 10. The van der Waals surface area contributed by atoms with Crippen LogP contribution < -0.4 is 8.85 Å². The number of anilines is 2. The fourth-order valence-electron chi connectivity index (χ4n) is 6.00. The van der Waals surface area contributed by atoms with E-state index in [0.29, 0.717) is 34.2 Å². The summed E-state index contributed by atoms with van der Waals surface area (Å²) in [6.07, 6.45) is 5.00. The van der Waals surface area contributed by atoms with E-state index in [1.165, 1.54) is 11.8 Å². The first-order valence-electron chi connectivity index (χ1n) is 14.8. The van der Waals surface area contributed by atoms with E-state index in [1.54, 1.807) is 4.52 Å². The maximum absolute atomic E-state index is 14.2. The number of rotatable bonds is 12. The van der Waals surface area contributed by atoms with Crippen molar-refractivity contribution in [1.82, 2.24) is 33.2 Å². The number of aromatic nitrogens is 5. The van der Waals surface area contributed by atoms with Gasteiger partial charge < -0.3 is 9.79 Å². The molecule has 0 bridgehead atoms. The van der Waals surface area contributed by atoms with E-state index < -0.39 is 71.0 Å². The van der Waals surface area contributed by atoms with Crippen molar-refractivity contribution < 1.29 is 37.2 Å². The maximum atomic E-state index is 14.2. The zero-order valence-electron chi connectivity index (χ0n) is 25.2. The molecule has 0 spiro atoms. The number of carbonyl (C=O) groups is 2. The number of fused-ring (bicyclic) bond motifs is 1. The molecular weight excluding hydrogens is 772 g/mol. The van der Waals surface area contributed by atoms with E-state index in [-0.39, 0.29) is 24.8 Å². The van der Waals surface area contributed by atoms with Crippen molar-refractivity contribution in [3.05, 3.63) is 51.2 Å². The van der Waals surface area contributed by atoms with Gasteiger partial charge in [-0.1, -0.05) is 0 Å². The Hall–Kier alpha value is -2.74. The first kappa shape index (κ1) is 34.1. The summed E-state index contributed by atoms with van der Waals surface area (Å²) in [5.41, 5.74) is 1.73. The van der Waals surface area contributed by atoms with Crippen LogP contribution >= 0.6 is 39.7 Å². The molecule has 1 aliphatic carbocycles. The molecule has 3 atom stereocenters. The predicted octanol–water partition coefficient (Wildman–Crippen LogP) is 4.21. The number of H-pyrrole nitrogens is 1. The molecule has 3 aromatic rings. The number of aryl methyl sites for hydroxylation is 1. The van der Waals surface area contributed by atoms with Crippen LogP contribution in [0.15, 0.2) is 50.7 Å². The van der Waals surface area contributed by atoms with Crippen LogP contribution in [0.2, 0.25) is 0 Å². The number of thioether (sulfide) groups is 1. The van der Waals surface area contributed by atoms with Crippen LogP contribution in [-0.4, -0.2) is 87.8 Å². The molecule has 0 radical (unpaired) electrons. The van der Waals surface area contributed by atoms with Gasteiger partial charge in [-0.05, 0) is 0 Å². The molecule has 47 heavy (non-hydrogen) atoms. The second-order valence-electron chi connectivity index (χ2n) is 11.8. The fraction of sp³-hybridized carbons (Fsp3) is 0.464. The van der Waals surface area contributed by atoms with E-state index in [0.717, 1.165) is 16.1 Å². The third-order valence-corrected chi connectivity index (χ3v) is 13.4. The monoisotopic (exact) mass is 806 g/mol. The van der Waals surface area contributed by atoms with Crippen molar-refractivity contribution in [1.29, 1.82) is 0 Å². The molecule has 14 nitrogen and oxygen atoms in total. The van der Waals surface area contributed by atoms with E-state index in [1.807, 2.05) is 42.3 Å². The number of halogens is 3.